The van der Waals surface area contributed by atoms with Crippen LogP contribution in [0.5, 0.6) is 5.75 Å². The molecule has 0 amide bonds. The topological polar surface area (TPSA) is 26.3 Å². The van der Waals surface area contributed by atoms with Crippen molar-refractivity contribution in [1.29, 1.82) is 0 Å². The van der Waals surface area contributed by atoms with Gasteiger partial charge in [-0.05, 0) is 70.1 Å². The number of methoxy groups -OCH3 is 1. The SMILES string of the molecule is COc1ccc(C(=O)Cc2ccc3c(c2)CCC3)cc1Br. The molecule has 1 aliphatic rings. The molecule has 108 valence electrons. The van der Waals surface area contributed by atoms with E-state index in [1.54, 1.807) is 7.11 Å². The van der Waals surface area contributed by atoms with Crippen LogP contribution in [0.15, 0.2) is 40.9 Å². The quantitative estimate of drug-likeness (QED) is 0.769. The van der Waals surface area contributed by atoms with E-state index in [2.05, 4.69) is 34.1 Å². The Morgan fingerprint density at radius 1 is 1.14 bits per heavy atom. The van der Waals surface area contributed by atoms with Crippen LogP contribution in [0.4, 0.5) is 0 Å². The zero-order valence-corrected chi connectivity index (χ0v) is 13.6. The minimum Gasteiger partial charge on any atom is -0.496 e. The van der Waals surface area contributed by atoms with E-state index in [-0.39, 0.29) is 5.78 Å². The lowest BCUT2D eigenvalue weighted by atomic mass is 9.99. The molecule has 0 saturated heterocycles. The average Bonchev–Trinajstić information content (AvgIpc) is 2.94. The third-order valence-corrected chi connectivity index (χ3v) is 4.62. The van der Waals surface area contributed by atoms with Crippen LogP contribution in [0, 0.1) is 0 Å². The van der Waals surface area contributed by atoms with E-state index in [4.69, 9.17) is 4.74 Å². The molecule has 0 atom stereocenters. The number of benzene rings is 2. The maximum atomic E-state index is 12.4. The Hall–Kier alpha value is -1.61. The van der Waals surface area contributed by atoms with Gasteiger partial charge in [0.25, 0.3) is 0 Å². The number of aryl methyl sites for hydroxylation is 2. The summed E-state index contributed by atoms with van der Waals surface area (Å²) in [5.74, 6) is 0.875. The fraction of sp³-hybridized carbons (Fsp3) is 0.278. The standard InChI is InChI=1S/C18H17BrO2/c1-21-18-8-7-15(11-16(18)19)17(20)10-12-5-6-13-3-2-4-14(13)9-12/h5-9,11H,2-4,10H2,1H3. The van der Waals surface area contributed by atoms with Crippen molar-refractivity contribution in [2.24, 2.45) is 0 Å². The monoisotopic (exact) mass is 344 g/mol. The molecule has 0 bridgehead atoms. The highest BCUT2D eigenvalue weighted by Crippen LogP contribution is 2.27. The molecule has 0 fully saturated rings. The first-order chi connectivity index (χ1) is 10.2. The summed E-state index contributed by atoms with van der Waals surface area (Å²) in [6, 6.07) is 11.9. The van der Waals surface area contributed by atoms with Crippen molar-refractivity contribution in [3.8, 4) is 5.75 Å². The summed E-state index contributed by atoms with van der Waals surface area (Å²) in [5, 5.41) is 0. The van der Waals surface area contributed by atoms with Crippen molar-refractivity contribution in [2.45, 2.75) is 25.7 Å². The summed E-state index contributed by atoms with van der Waals surface area (Å²) in [7, 11) is 1.62. The first-order valence-electron chi connectivity index (χ1n) is 7.15. The Kier molecular flexibility index (Phi) is 4.11. The van der Waals surface area contributed by atoms with Crippen molar-refractivity contribution >= 4 is 21.7 Å². The van der Waals surface area contributed by atoms with Crippen molar-refractivity contribution in [1.82, 2.24) is 0 Å². The van der Waals surface area contributed by atoms with Crippen LogP contribution < -0.4 is 4.74 Å². The van der Waals surface area contributed by atoms with Crippen LogP contribution in [0.2, 0.25) is 0 Å². The van der Waals surface area contributed by atoms with E-state index in [0.717, 1.165) is 22.2 Å². The largest absolute Gasteiger partial charge is 0.496 e. The highest BCUT2D eigenvalue weighted by molar-refractivity contribution is 9.10. The van der Waals surface area contributed by atoms with Gasteiger partial charge in [-0.25, -0.2) is 0 Å². The van der Waals surface area contributed by atoms with E-state index in [1.165, 1.54) is 24.0 Å². The fourth-order valence-electron chi connectivity index (χ4n) is 2.86. The summed E-state index contributed by atoms with van der Waals surface area (Å²) in [6.07, 6.45) is 4.00. The Labute approximate surface area is 133 Å². The molecule has 0 heterocycles. The van der Waals surface area contributed by atoms with Crippen LogP contribution in [-0.4, -0.2) is 12.9 Å². The molecule has 0 radical (unpaired) electrons. The summed E-state index contributed by atoms with van der Waals surface area (Å²) < 4.78 is 6.00. The van der Waals surface area contributed by atoms with E-state index in [9.17, 15) is 4.79 Å². The Morgan fingerprint density at radius 2 is 1.95 bits per heavy atom. The second kappa shape index (κ2) is 6.02. The number of fused-ring (bicyclic) bond motifs is 1. The normalized spacial score (nSPS) is 13.0. The molecule has 3 heteroatoms. The van der Waals surface area contributed by atoms with E-state index in [1.807, 2.05) is 18.2 Å². The van der Waals surface area contributed by atoms with Gasteiger partial charge in [0, 0.05) is 12.0 Å². The number of Topliss-reactive ketones (excluding diaryl/α,β-unsaturated/α-hetero) is 1. The molecule has 0 aromatic heterocycles. The van der Waals surface area contributed by atoms with Gasteiger partial charge >= 0.3 is 0 Å². The lowest BCUT2D eigenvalue weighted by molar-refractivity contribution is 0.0993. The van der Waals surface area contributed by atoms with Crippen LogP contribution in [-0.2, 0) is 19.3 Å². The van der Waals surface area contributed by atoms with Gasteiger partial charge < -0.3 is 4.74 Å². The van der Waals surface area contributed by atoms with Crippen LogP contribution in [0.1, 0.15) is 33.5 Å². The van der Waals surface area contributed by atoms with Crippen LogP contribution in [0.25, 0.3) is 0 Å². The Balaban J connectivity index is 1.78. The molecule has 2 nitrogen and oxygen atoms in total. The maximum absolute atomic E-state index is 12.4. The molecular formula is C18H17BrO2. The molecule has 3 rings (SSSR count). The van der Waals surface area contributed by atoms with Crippen LogP contribution in [0.3, 0.4) is 0 Å². The van der Waals surface area contributed by atoms with Gasteiger partial charge in [-0.2, -0.15) is 0 Å². The van der Waals surface area contributed by atoms with Gasteiger partial charge in [0.15, 0.2) is 5.78 Å². The lowest BCUT2D eigenvalue weighted by Crippen LogP contribution is -2.04. The minimum atomic E-state index is 0.135. The number of halogens is 1. The maximum Gasteiger partial charge on any atom is 0.167 e. The number of carbonyl (C=O) groups excluding carboxylic acids is 1. The Morgan fingerprint density at radius 3 is 2.71 bits per heavy atom. The number of carbonyl (C=O) groups is 1. The third kappa shape index (κ3) is 3.03. The van der Waals surface area contributed by atoms with E-state index >= 15 is 0 Å². The summed E-state index contributed by atoms with van der Waals surface area (Å²) in [5.41, 5.74) is 4.67. The zero-order chi connectivity index (χ0) is 14.8. The summed E-state index contributed by atoms with van der Waals surface area (Å²) in [6.45, 7) is 0. The van der Waals surface area contributed by atoms with Gasteiger partial charge in [0.1, 0.15) is 5.75 Å². The fourth-order valence-corrected chi connectivity index (χ4v) is 3.40. The average molecular weight is 345 g/mol. The second-order valence-electron chi connectivity index (χ2n) is 5.41. The molecule has 0 aliphatic heterocycles. The van der Waals surface area contributed by atoms with E-state index in [0.29, 0.717) is 12.0 Å². The molecule has 0 unspecified atom stereocenters. The number of ether oxygens (including phenoxy) is 1. The van der Waals surface area contributed by atoms with Gasteiger partial charge in [-0.1, -0.05) is 18.2 Å². The number of hydrogen-bond donors (Lipinski definition) is 0. The first-order valence-corrected chi connectivity index (χ1v) is 7.94. The Bertz CT molecular complexity index is 692. The number of ketones is 1. The van der Waals surface area contributed by atoms with Crippen molar-refractivity contribution < 1.29 is 9.53 Å². The highest BCUT2D eigenvalue weighted by atomic mass is 79.9. The predicted molar refractivity (Wildman–Crippen MR) is 87.2 cm³/mol. The second-order valence-corrected chi connectivity index (χ2v) is 6.26. The summed E-state index contributed by atoms with van der Waals surface area (Å²) in [4.78, 5) is 12.4. The van der Waals surface area contributed by atoms with Gasteiger partial charge in [-0.15, -0.1) is 0 Å². The third-order valence-electron chi connectivity index (χ3n) is 4.00. The number of rotatable bonds is 4. The molecule has 21 heavy (non-hydrogen) atoms. The van der Waals surface area contributed by atoms with Crippen molar-refractivity contribution in [3.63, 3.8) is 0 Å². The van der Waals surface area contributed by atoms with E-state index < -0.39 is 0 Å². The molecule has 2 aromatic carbocycles. The molecular weight excluding hydrogens is 328 g/mol. The van der Waals surface area contributed by atoms with Gasteiger partial charge in [-0.3, -0.25) is 4.79 Å². The molecule has 0 spiro atoms. The van der Waals surface area contributed by atoms with Crippen molar-refractivity contribution in [2.75, 3.05) is 7.11 Å². The molecule has 2 aromatic rings. The molecule has 0 saturated carbocycles. The van der Waals surface area contributed by atoms with Gasteiger partial charge in [0.2, 0.25) is 0 Å². The zero-order valence-electron chi connectivity index (χ0n) is 12.0. The minimum absolute atomic E-state index is 0.135. The smallest absolute Gasteiger partial charge is 0.167 e. The van der Waals surface area contributed by atoms with Gasteiger partial charge in [0.05, 0.1) is 11.6 Å². The number of hydrogen-bond acceptors (Lipinski definition) is 2. The van der Waals surface area contributed by atoms with Crippen molar-refractivity contribution in [3.05, 3.63) is 63.1 Å². The highest BCUT2D eigenvalue weighted by Gasteiger charge is 2.14. The molecule has 0 N–H and O–H groups in total. The molecule has 1 aliphatic carbocycles. The lowest BCUT2D eigenvalue weighted by Gasteiger charge is -2.07. The van der Waals surface area contributed by atoms with Crippen LogP contribution >= 0.6 is 15.9 Å². The predicted octanol–water partition coefficient (Wildman–Crippen LogP) is 4.37. The first kappa shape index (κ1) is 14.3. The summed E-state index contributed by atoms with van der Waals surface area (Å²) >= 11 is 3.42.